The van der Waals surface area contributed by atoms with E-state index in [-0.39, 0.29) is 5.41 Å². The number of rotatable bonds is 6. The molecule has 3 aliphatic carbocycles. The lowest BCUT2D eigenvalue weighted by atomic mass is 9.58. The Bertz CT molecular complexity index is 479. The van der Waals surface area contributed by atoms with Gasteiger partial charge in [0.25, 0.3) is 0 Å². The molecule has 0 unspecified atom stereocenters. The van der Waals surface area contributed by atoms with Gasteiger partial charge in [-0.25, -0.2) is 0 Å². The van der Waals surface area contributed by atoms with Crippen molar-refractivity contribution in [1.29, 1.82) is 0 Å². The number of aldehydes is 1. The molecule has 0 heterocycles. The third kappa shape index (κ3) is 2.71. The highest BCUT2D eigenvalue weighted by molar-refractivity contribution is 5.50. The molecular weight excluding hydrogens is 248 g/mol. The van der Waals surface area contributed by atoms with Crippen LogP contribution in [0.15, 0.2) is 42.5 Å². The zero-order chi connectivity index (χ0) is 13.8. The Morgan fingerprint density at radius 1 is 1.30 bits per heavy atom. The summed E-state index contributed by atoms with van der Waals surface area (Å²) in [4.78, 5) is 10.9. The Hall–Kier alpha value is -1.41. The molecule has 1 saturated carbocycles. The highest BCUT2D eigenvalue weighted by Gasteiger charge is 2.44. The predicted molar refractivity (Wildman–Crippen MR) is 79.2 cm³/mol. The number of carbonyl (C=O) groups is 1. The first-order chi connectivity index (χ1) is 9.82. The average molecular weight is 270 g/mol. The quantitative estimate of drug-likeness (QED) is 0.581. The Labute approximate surface area is 120 Å². The Morgan fingerprint density at radius 3 is 2.85 bits per heavy atom. The van der Waals surface area contributed by atoms with Crippen LogP contribution in [0, 0.1) is 17.3 Å². The second kappa shape index (κ2) is 5.92. The fourth-order valence-corrected chi connectivity index (χ4v) is 3.72. The number of allylic oxidation sites excluding steroid dienone is 1. The van der Waals surface area contributed by atoms with Crippen molar-refractivity contribution in [3.63, 3.8) is 0 Å². The standard InChI is InChI=1S/C18H22O2/c19-11-8-17-12-15-6-9-18(17,10-7-15)14-20-13-16-4-2-1-3-5-16/h1-6,9,11,15,17H,7-8,10,12-14H2/t15-,17-,18+/m1/s1. The van der Waals surface area contributed by atoms with Gasteiger partial charge in [0, 0.05) is 11.8 Å². The molecule has 0 aliphatic heterocycles. The van der Waals surface area contributed by atoms with Crippen molar-refractivity contribution in [1.82, 2.24) is 0 Å². The fraction of sp³-hybridized carbons (Fsp3) is 0.500. The van der Waals surface area contributed by atoms with E-state index in [2.05, 4.69) is 24.3 Å². The van der Waals surface area contributed by atoms with E-state index in [4.69, 9.17) is 4.74 Å². The van der Waals surface area contributed by atoms with Crippen molar-refractivity contribution in [2.45, 2.75) is 32.3 Å². The Morgan fingerprint density at radius 2 is 2.15 bits per heavy atom. The molecule has 1 aromatic carbocycles. The van der Waals surface area contributed by atoms with Gasteiger partial charge in [-0.05, 0) is 36.7 Å². The summed E-state index contributed by atoms with van der Waals surface area (Å²) < 4.78 is 5.99. The number of hydrogen-bond donors (Lipinski definition) is 0. The van der Waals surface area contributed by atoms with Gasteiger partial charge in [-0.2, -0.15) is 0 Å². The van der Waals surface area contributed by atoms with Gasteiger partial charge in [0.15, 0.2) is 0 Å². The first kappa shape index (κ1) is 13.6. The predicted octanol–water partition coefficient (Wildman–Crippen LogP) is 3.76. The van der Waals surface area contributed by atoms with Crippen LogP contribution in [0.4, 0.5) is 0 Å². The van der Waals surface area contributed by atoms with Crippen LogP contribution in [-0.2, 0) is 16.1 Å². The maximum atomic E-state index is 10.9. The first-order valence-corrected chi connectivity index (χ1v) is 7.57. The lowest BCUT2D eigenvalue weighted by molar-refractivity contribution is -0.110. The van der Waals surface area contributed by atoms with Crippen LogP contribution < -0.4 is 0 Å². The largest absolute Gasteiger partial charge is 0.376 e. The van der Waals surface area contributed by atoms with Crippen molar-refractivity contribution < 1.29 is 9.53 Å². The van der Waals surface area contributed by atoms with E-state index in [1.165, 1.54) is 18.4 Å². The highest BCUT2D eigenvalue weighted by Crippen LogP contribution is 2.50. The molecule has 4 rings (SSSR count). The van der Waals surface area contributed by atoms with Crippen LogP contribution in [0.3, 0.4) is 0 Å². The van der Waals surface area contributed by atoms with Crippen molar-refractivity contribution >= 4 is 6.29 Å². The molecule has 1 aromatic rings. The second-order valence-electron chi connectivity index (χ2n) is 6.20. The monoisotopic (exact) mass is 270 g/mol. The smallest absolute Gasteiger partial charge is 0.120 e. The summed E-state index contributed by atoms with van der Waals surface area (Å²) in [5.74, 6) is 1.16. The zero-order valence-corrected chi connectivity index (χ0v) is 11.8. The molecule has 106 valence electrons. The molecule has 2 bridgehead atoms. The molecule has 20 heavy (non-hydrogen) atoms. The summed E-state index contributed by atoms with van der Waals surface area (Å²) >= 11 is 0. The lowest BCUT2D eigenvalue weighted by Gasteiger charge is -2.47. The van der Waals surface area contributed by atoms with Gasteiger partial charge >= 0.3 is 0 Å². The number of fused-ring (bicyclic) bond motifs is 2. The number of hydrogen-bond acceptors (Lipinski definition) is 2. The molecular formula is C18H22O2. The van der Waals surface area contributed by atoms with Crippen LogP contribution in [0.25, 0.3) is 0 Å². The minimum Gasteiger partial charge on any atom is -0.376 e. The van der Waals surface area contributed by atoms with Gasteiger partial charge in [0.1, 0.15) is 6.29 Å². The lowest BCUT2D eigenvalue weighted by Crippen LogP contribution is -2.42. The number of carbonyl (C=O) groups excluding carboxylic acids is 1. The normalized spacial score (nSPS) is 31.4. The molecule has 2 nitrogen and oxygen atoms in total. The van der Waals surface area contributed by atoms with Crippen molar-refractivity contribution in [3.05, 3.63) is 48.0 Å². The third-order valence-corrected chi connectivity index (χ3v) is 4.94. The molecule has 2 heteroatoms. The van der Waals surface area contributed by atoms with Crippen LogP contribution in [0.2, 0.25) is 0 Å². The van der Waals surface area contributed by atoms with Gasteiger partial charge < -0.3 is 9.53 Å². The molecule has 3 aliphatic rings. The summed E-state index contributed by atoms with van der Waals surface area (Å²) in [6.07, 6.45) is 10.0. The van der Waals surface area contributed by atoms with Gasteiger partial charge in [-0.1, -0.05) is 42.5 Å². The maximum absolute atomic E-state index is 10.9. The number of benzene rings is 1. The first-order valence-electron chi connectivity index (χ1n) is 7.57. The number of ether oxygens (including phenoxy) is 1. The fourth-order valence-electron chi connectivity index (χ4n) is 3.72. The van der Waals surface area contributed by atoms with E-state index < -0.39 is 0 Å². The van der Waals surface area contributed by atoms with Gasteiger partial charge in [-0.3, -0.25) is 0 Å². The van der Waals surface area contributed by atoms with E-state index in [1.807, 2.05) is 18.2 Å². The molecule has 0 radical (unpaired) electrons. The van der Waals surface area contributed by atoms with Crippen LogP contribution in [0.5, 0.6) is 0 Å². The van der Waals surface area contributed by atoms with E-state index in [0.29, 0.717) is 24.9 Å². The van der Waals surface area contributed by atoms with Crippen molar-refractivity contribution in [2.24, 2.45) is 17.3 Å². The molecule has 1 fully saturated rings. The van der Waals surface area contributed by atoms with Gasteiger partial charge in [0.05, 0.1) is 13.2 Å². The van der Waals surface area contributed by atoms with Gasteiger partial charge in [-0.15, -0.1) is 0 Å². The minimum atomic E-state index is 0.102. The molecule has 3 atom stereocenters. The molecule has 0 amide bonds. The SMILES string of the molecule is O=CC[C@@H]1C[C@@H]2C=C[C@@]1(COCc1ccccc1)CC2. The van der Waals surface area contributed by atoms with Crippen LogP contribution >= 0.6 is 0 Å². The molecule has 0 saturated heterocycles. The van der Waals surface area contributed by atoms with Crippen molar-refractivity contribution in [2.75, 3.05) is 6.61 Å². The molecule has 0 spiro atoms. The zero-order valence-electron chi connectivity index (χ0n) is 11.8. The van der Waals surface area contributed by atoms with E-state index in [0.717, 1.165) is 19.3 Å². The minimum absolute atomic E-state index is 0.102. The van der Waals surface area contributed by atoms with E-state index in [1.54, 1.807) is 0 Å². The highest BCUT2D eigenvalue weighted by atomic mass is 16.5. The topological polar surface area (TPSA) is 26.3 Å². The average Bonchev–Trinajstić information content (AvgIpc) is 2.50. The van der Waals surface area contributed by atoms with E-state index >= 15 is 0 Å². The summed E-state index contributed by atoms with van der Waals surface area (Å²) in [6.45, 7) is 1.40. The third-order valence-electron chi connectivity index (χ3n) is 4.94. The van der Waals surface area contributed by atoms with Crippen LogP contribution in [0.1, 0.15) is 31.2 Å². The van der Waals surface area contributed by atoms with Crippen molar-refractivity contribution in [3.8, 4) is 0 Å². The second-order valence-corrected chi connectivity index (χ2v) is 6.20. The summed E-state index contributed by atoms with van der Waals surface area (Å²) in [6, 6.07) is 10.3. The summed E-state index contributed by atoms with van der Waals surface area (Å²) in [5, 5.41) is 0. The maximum Gasteiger partial charge on any atom is 0.120 e. The Balaban J connectivity index is 1.63. The van der Waals surface area contributed by atoms with Gasteiger partial charge in [0.2, 0.25) is 0 Å². The van der Waals surface area contributed by atoms with Crippen LogP contribution in [-0.4, -0.2) is 12.9 Å². The molecule has 0 N–H and O–H groups in total. The Kier molecular flexibility index (Phi) is 4.02. The summed E-state index contributed by atoms with van der Waals surface area (Å²) in [7, 11) is 0. The summed E-state index contributed by atoms with van der Waals surface area (Å²) in [5.41, 5.74) is 1.31. The van der Waals surface area contributed by atoms with E-state index in [9.17, 15) is 4.79 Å². The molecule has 0 aromatic heterocycles.